The fraction of sp³-hybridized carbons (Fsp3) is 0.500. The largest absolute Gasteiger partial charge is 0.507 e. The summed E-state index contributed by atoms with van der Waals surface area (Å²) < 4.78 is 45.2. The number of rotatable bonds is 9. The molecule has 1 aliphatic heterocycles. The van der Waals surface area contributed by atoms with E-state index in [2.05, 4.69) is 44.9 Å². The monoisotopic (exact) mass is 788 g/mol. The summed E-state index contributed by atoms with van der Waals surface area (Å²) in [5.41, 5.74) is -0.841. The van der Waals surface area contributed by atoms with Gasteiger partial charge in [0.25, 0.3) is 5.56 Å². The van der Waals surface area contributed by atoms with Crippen LogP contribution in [-0.4, -0.2) is 76.8 Å². The third kappa shape index (κ3) is 8.44. The lowest BCUT2D eigenvalue weighted by atomic mass is 9.99. The van der Waals surface area contributed by atoms with E-state index in [1.54, 1.807) is 36.8 Å². The van der Waals surface area contributed by atoms with Gasteiger partial charge in [0.15, 0.2) is 19.8 Å². The molecule has 0 radical (unpaired) electrons. The molecule has 0 spiro atoms. The standard InChI is InChI=1S/C42H54F2N6O5Si/c1-25(2)34-36(27(17-18-46-34)14-13-21-54-56(10,11)42(7,8)9)50-38-28(22-31(44)35(47-38)33-30(43)15-12-16-32(33)51)37(29(23-45)39(50)52)49-20-19-48(24-26(49)3)40(53)55-41(4,5)6/h12,15-18,22,25-26,51H,13-14,19-21,24H2,1-11H3/t26-/m0/s1. The Labute approximate surface area is 329 Å². The van der Waals surface area contributed by atoms with E-state index >= 15 is 13.6 Å². The molecular weight excluding hydrogens is 735 g/mol. The highest BCUT2D eigenvalue weighted by Gasteiger charge is 2.37. The number of pyridine rings is 3. The van der Waals surface area contributed by atoms with E-state index in [4.69, 9.17) is 14.1 Å². The molecule has 1 atom stereocenters. The summed E-state index contributed by atoms with van der Waals surface area (Å²) >= 11 is 0. The van der Waals surface area contributed by atoms with Crippen molar-refractivity contribution in [2.75, 3.05) is 31.1 Å². The second-order valence-electron chi connectivity index (χ2n) is 17.3. The number of ether oxygens (including phenoxy) is 1. The molecule has 1 saturated heterocycles. The summed E-state index contributed by atoms with van der Waals surface area (Å²) in [5, 5.41) is 21.7. The van der Waals surface area contributed by atoms with Crippen LogP contribution in [0.2, 0.25) is 18.1 Å². The molecule has 0 aliphatic carbocycles. The second-order valence-corrected chi connectivity index (χ2v) is 22.1. The van der Waals surface area contributed by atoms with Gasteiger partial charge in [0.2, 0.25) is 0 Å². The number of phenols is 1. The molecular formula is C42H54F2N6O5Si. The molecule has 14 heteroatoms. The van der Waals surface area contributed by atoms with Crippen molar-refractivity contribution < 1.29 is 27.8 Å². The molecule has 1 amide bonds. The highest BCUT2D eigenvalue weighted by molar-refractivity contribution is 6.74. The fourth-order valence-electron chi connectivity index (χ4n) is 6.78. The number of aromatic hydroxyl groups is 1. The number of hydrogen-bond donors (Lipinski definition) is 1. The van der Waals surface area contributed by atoms with Gasteiger partial charge in [0.1, 0.15) is 34.5 Å². The maximum absolute atomic E-state index is 16.5. The van der Waals surface area contributed by atoms with Crippen LogP contribution in [0.25, 0.3) is 28.0 Å². The summed E-state index contributed by atoms with van der Waals surface area (Å²) in [4.78, 5) is 40.8. The normalized spacial score (nSPS) is 15.4. The van der Waals surface area contributed by atoms with Crippen LogP contribution in [0.4, 0.5) is 19.3 Å². The predicted octanol–water partition coefficient (Wildman–Crippen LogP) is 8.83. The van der Waals surface area contributed by atoms with E-state index in [-0.39, 0.29) is 52.9 Å². The molecule has 0 bridgehead atoms. The van der Waals surface area contributed by atoms with E-state index in [1.807, 2.05) is 26.8 Å². The van der Waals surface area contributed by atoms with Crippen molar-refractivity contribution in [3.8, 4) is 28.8 Å². The third-order valence-corrected chi connectivity index (χ3v) is 15.2. The Morgan fingerprint density at radius 1 is 1.09 bits per heavy atom. The van der Waals surface area contributed by atoms with Gasteiger partial charge in [0, 0.05) is 43.9 Å². The molecule has 5 rings (SSSR count). The van der Waals surface area contributed by atoms with Gasteiger partial charge in [-0.1, -0.05) is 40.7 Å². The summed E-state index contributed by atoms with van der Waals surface area (Å²) in [6.07, 6.45) is 2.28. The Morgan fingerprint density at radius 2 is 1.79 bits per heavy atom. The molecule has 1 aromatic carbocycles. The molecule has 1 N–H and O–H groups in total. The van der Waals surface area contributed by atoms with E-state index in [0.717, 1.165) is 17.7 Å². The Morgan fingerprint density at radius 3 is 2.38 bits per heavy atom. The number of piperazine rings is 1. The minimum absolute atomic E-state index is 0.0203. The van der Waals surface area contributed by atoms with Crippen LogP contribution in [0.15, 0.2) is 41.3 Å². The molecule has 11 nitrogen and oxygen atoms in total. The molecule has 3 aromatic heterocycles. The smallest absolute Gasteiger partial charge is 0.410 e. The lowest BCUT2D eigenvalue weighted by molar-refractivity contribution is 0.0219. The lowest BCUT2D eigenvalue weighted by Gasteiger charge is -2.42. The van der Waals surface area contributed by atoms with E-state index < -0.39 is 60.3 Å². The number of fused-ring (bicyclic) bond motifs is 1. The van der Waals surface area contributed by atoms with E-state index in [1.165, 1.54) is 16.7 Å². The van der Waals surface area contributed by atoms with Crippen LogP contribution < -0.4 is 10.5 Å². The second kappa shape index (κ2) is 15.9. The van der Waals surface area contributed by atoms with Crippen LogP contribution in [0.5, 0.6) is 5.75 Å². The molecule has 0 saturated carbocycles. The Hall–Kier alpha value is -4.87. The SMILES string of the molecule is CC(C)c1nccc(CCCO[Si](C)(C)C(C)(C)C)c1-n1c(=O)c(C#N)c(N2CCN(C(=O)OC(C)(C)C)C[C@@H]2C)c2cc(F)c(-c3c(O)cccc3F)nc21. The van der Waals surface area contributed by atoms with Gasteiger partial charge >= 0.3 is 6.09 Å². The van der Waals surface area contributed by atoms with E-state index in [0.29, 0.717) is 30.8 Å². The Kier molecular flexibility index (Phi) is 12.0. The quantitative estimate of drug-likeness (QED) is 0.130. The summed E-state index contributed by atoms with van der Waals surface area (Å²) in [6, 6.07) is 8.25. The zero-order valence-electron chi connectivity index (χ0n) is 34.4. The Bertz CT molecular complexity index is 2220. The topological polar surface area (TPSA) is 134 Å². The molecule has 4 heterocycles. The average molecular weight is 789 g/mol. The third-order valence-electron chi connectivity index (χ3n) is 10.6. The predicted molar refractivity (Wildman–Crippen MR) is 217 cm³/mol. The van der Waals surface area contributed by atoms with Gasteiger partial charge < -0.3 is 24.1 Å². The molecule has 56 heavy (non-hydrogen) atoms. The first kappa shape index (κ1) is 42.3. The van der Waals surface area contributed by atoms with Crippen molar-refractivity contribution in [3.63, 3.8) is 0 Å². The fourth-order valence-corrected chi connectivity index (χ4v) is 7.87. The number of halogens is 2. The maximum atomic E-state index is 16.5. The highest BCUT2D eigenvalue weighted by Crippen LogP contribution is 2.40. The summed E-state index contributed by atoms with van der Waals surface area (Å²) in [5.74, 6) is -2.60. The maximum Gasteiger partial charge on any atom is 0.410 e. The number of hydrogen-bond acceptors (Lipinski definition) is 9. The van der Waals surface area contributed by atoms with Crippen molar-refractivity contribution in [1.82, 2.24) is 19.4 Å². The van der Waals surface area contributed by atoms with E-state index in [9.17, 15) is 15.2 Å². The highest BCUT2D eigenvalue weighted by atomic mass is 28.4. The van der Waals surface area contributed by atoms with Crippen molar-refractivity contribution in [3.05, 3.63) is 75.3 Å². The number of nitrogens with zero attached hydrogens (tertiary/aromatic N) is 6. The van der Waals surface area contributed by atoms with Crippen molar-refractivity contribution in [1.29, 1.82) is 5.26 Å². The van der Waals surface area contributed by atoms with Crippen LogP contribution in [-0.2, 0) is 15.6 Å². The van der Waals surface area contributed by atoms with Gasteiger partial charge in [-0.15, -0.1) is 0 Å². The number of carbonyl (C=O) groups is 1. The molecule has 300 valence electrons. The molecule has 1 aliphatic rings. The zero-order chi connectivity index (χ0) is 41.5. The summed E-state index contributed by atoms with van der Waals surface area (Å²) in [6.45, 7) is 23.0. The molecule has 1 fully saturated rings. The molecule has 4 aromatic rings. The van der Waals surface area contributed by atoms with Crippen LogP contribution in [0.3, 0.4) is 0 Å². The number of aryl methyl sites for hydroxylation is 1. The number of phenolic OH excluding ortho intramolecular Hbond substituents is 1. The number of benzene rings is 1. The number of anilines is 1. The van der Waals surface area contributed by atoms with Gasteiger partial charge in [-0.2, -0.15) is 5.26 Å². The minimum Gasteiger partial charge on any atom is -0.507 e. The van der Waals surface area contributed by atoms with Gasteiger partial charge in [-0.05, 0) is 94.4 Å². The van der Waals surface area contributed by atoms with Crippen molar-refractivity contribution in [2.45, 2.75) is 111 Å². The molecule has 0 unspecified atom stereocenters. The first-order chi connectivity index (χ1) is 26.1. The minimum atomic E-state index is -2.04. The number of amides is 1. The van der Waals surface area contributed by atoms with Crippen LogP contribution in [0.1, 0.15) is 91.5 Å². The number of nitriles is 1. The first-order valence-corrected chi connectivity index (χ1v) is 22.0. The van der Waals surface area contributed by atoms with Crippen LogP contribution >= 0.6 is 0 Å². The average Bonchev–Trinajstić information content (AvgIpc) is 3.09. The summed E-state index contributed by atoms with van der Waals surface area (Å²) in [7, 11) is -2.04. The number of carbonyl (C=O) groups excluding carboxylic acids is 1. The first-order valence-electron chi connectivity index (χ1n) is 19.1. The van der Waals surface area contributed by atoms with Gasteiger partial charge in [-0.3, -0.25) is 14.3 Å². The van der Waals surface area contributed by atoms with Crippen molar-refractivity contribution >= 4 is 31.1 Å². The Balaban J connectivity index is 1.77. The lowest BCUT2D eigenvalue weighted by Crippen LogP contribution is -2.55. The van der Waals surface area contributed by atoms with Crippen molar-refractivity contribution in [2.24, 2.45) is 0 Å². The van der Waals surface area contributed by atoms with Gasteiger partial charge in [-0.25, -0.2) is 18.6 Å². The van der Waals surface area contributed by atoms with Gasteiger partial charge in [0.05, 0.1) is 22.6 Å². The van der Waals surface area contributed by atoms with Crippen LogP contribution in [0, 0.1) is 23.0 Å². The zero-order valence-corrected chi connectivity index (χ0v) is 35.4. The number of aromatic nitrogens is 3.